The molecule has 0 aliphatic heterocycles. The number of hydrogen-bond donors (Lipinski definition) is 0. The van der Waals surface area contributed by atoms with Crippen molar-refractivity contribution >= 4 is 86.0 Å². The molecule has 3 aromatic heterocycles. The average Bonchev–Trinajstić information content (AvgIpc) is 3.77. The topological polar surface area (TPSA) is 26.3 Å². The van der Waals surface area contributed by atoms with Gasteiger partial charge in [-0.15, -0.1) is 11.3 Å². The Kier molecular flexibility index (Phi) is 4.63. The zero-order valence-corrected chi connectivity index (χ0v) is 23.7. The second-order valence-corrected chi connectivity index (χ2v) is 12.3. The van der Waals surface area contributed by atoms with E-state index in [9.17, 15) is 0 Å². The maximum atomic E-state index is 6.65. The first-order valence-electron chi connectivity index (χ1n) is 14.5. The first-order valence-corrected chi connectivity index (χ1v) is 15.3. The van der Waals surface area contributed by atoms with E-state index >= 15 is 0 Å². The van der Waals surface area contributed by atoms with Crippen molar-refractivity contribution in [2.24, 2.45) is 0 Å². The van der Waals surface area contributed by atoms with Crippen molar-refractivity contribution in [1.29, 1.82) is 0 Å². The maximum Gasteiger partial charge on any atom is 0.143 e. The molecule has 3 heteroatoms. The molecule has 0 fully saturated rings. The molecule has 10 aromatic rings. The van der Waals surface area contributed by atoms with Crippen LogP contribution in [0.1, 0.15) is 0 Å². The van der Waals surface area contributed by atoms with E-state index in [0.717, 1.165) is 38.5 Å². The highest BCUT2D eigenvalue weighted by molar-refractivity contribution is 7.25. The summed E-state index contributed by atoms with van der Waals surface area (Å²) in [7, 11) is 0. The zero-order valence-electron chi connectivity index (χ0n) is 22.9. The summed E-state index contributed by atoms with van der Waals surface area (Å²) in [6.07, 6.45) is 1.73. The molecule has 0 atom stereocenters. The zero-order chi connectivity index (χ0) is 28.1. The highest BCUT2D eigenvalue weighted by Gasteiger charge is 2.21. The van der Waals surface area contributed by atoms with Crippen molar-refractivity contribution in [1.82, 2.24) is 0 Å². The molecular formula is C40H22O2S. The number of furan rings is 2. The van der Waals surface area contributed by atoms with Crippen molar-refractivity contribution in [3.63, 3.8) is 0 Å². The molecule has 0 aliphatic carbocycles. The molecule has 0 N–H and O–H groups in total. The molecule has 0 unspecified atom stereocenters. The second-order valence-electron chi connectivity index (χ2n) is 11.2. The van der Waals surface area contributed by atoms with Crippen LogP contribution in [0.4, 0.5) is 0 Å². The smallest absolute Gasteiger partial charge is 0.143 e. The largest absolute Gasteiger partial charge is 0.464 e. The standard InChI is InChI=1S/C40H22O2S/c1-3-11-28-26(9-1)38(24-16-17-37-33(21-24)25-8-5-6-15-36(25)43-37)27-10-2-4-12-29(27)39(28)31-14-7-13-30-32-20-23-18-19-41-34(23)22-35(32)42-40(30)31/h1-22H. The summed E-state index contributed by atoms with van der Waals surface area (Å²) < 4.78 is 15.0. The van der Waals surface area contributed by atoms with Crippen LogP contribution in [-0.4, -0.2) is 0 Å². The van der Waals surface area contributed by atoms with Gasteiger partial charge in [-0.2, -0.15) is 0 Å². The van der Waals surface area contributed by atoms with Gasteiger partial charge < -0.3 is 8.83 Å². The third-order valence-electron chi connectivity index (χ3n) is 8.94. The van der Waals surface area contributed by atoms with Gasteiger partial charge in [0.1, 0.15) is 16.7 Å². The van der Waals surface area contributed by atoms with E-state index < -0.39 is 0 Å². The molecule has 0 aliphatic rings. The molecule has 10 rings (SSSR count). The fourth-order valence-electron chi connectivity index (χ4n) is 7.06. The van der Waals surface area contributed by atoms with Crippen molar-refractivity contribution in [3.8, 4) is 22.3 Å². The predicted molar refractivity (Wildman–Crippen MR) is 182 cm³/mol. The van der Waals surface area contributed by atoms with E-state index in [1.807, 2.05) is 23.5 Å². The van der Waals surface area contributed by atoms with Gasteiger partial charge in [0, 0.05) is 53.5 Å². The van der Waals surface area contributed by atoms with Crippen LogP contribution in [-0.2, 0) is 0 Å². The third kappa shape index (κ3) is 3.23. The Hall–Kier alpha value is -5.38. The summed E-state index contributed by atoms with van der Waals surface area (Å²) >= 11 is 1.86. The van der Waals surface area contributed by atoms with Crippen LogP contribution in [0.5, 0.6) is 0 Å². The Morgan fingerprint density at radius 2 is 1.12 bits per heavy atom. The van der Waals surface area contributed by atoms with Gasteiger partial charge >= 0.3 is 0 Å². The fourth-order valence-corrected chi connectivity index (χ4v) is 8.15. The Morgan fingerprint density at radius 1 is 0.442 bits per heavy atom. The molecule has 200 valence electrons. The van der Waals surface area contributed by atoms with Crippen LogP contribution in [0.3, 0.4) is 0 Å². The highest BCUT2D eigenvalue weighted by atomic mass is 32.1. The van der Waals surface area contributed by atoms with E-state index in [-0.39, 0.29) is 0 Å². The molecule has 0 saturated carbocycles. The molecule has 7 aromatic carbocycles. The minimum Gasteiger partial charge on any atom is -0.464 e. The molecule has 0 bridgehead atoms. The molecule has 43 heavy (non-hydrogen) atoms. The van der Waals surface area contributed by atoms with Crippen molar-refractivity contribution < 1.29 is 8.83 Å². The van der Waals surface area contributed by atoms with E-state index in [4.69, 9.17) is 8.83 Å². The number of para-hydroxylation sites is 1. The van der Waals surface area contributed by atoms with Gasteiger partial charge in [0.05, 0.1) is 6.26 Å². The van der Waals surface area contributed by atoms with Crippen LogP contribution in [0.2, 0.25) is 0 Å². The van der Waals surface area contributed by atoms with Crippen molar-refractivity contribution in [2.45, 2.75) is 0 Å². The average molecular weight is 567 g/mol. The van der Waals surface area contributed by atoms with Crippen LogP contribution in [0.15, 0.2) is 142 Å². The summed E-state index contributed by atoms with van der Waals surface area (Å²) in [5.74, 6) is 0. The van der Waals surface area contributed by atoms with E-state index in [1.165, 1.54) is 58.4 Å². The molecule has 2 nitrogen and oxygen atoms in total. The summed E-state index contributed by atoms with van der Waals surface area (Å²) in [4.78, 5) is 0. The third-order valence-corrected chi connectivity index (χ3v) is 10.1. The number of fused-ring (bicyclic) bond motifs is 9. The highest BCUT2D eigenvalue weighted by Crippen LogP contribution is 2.47. The van der Waals surface area contributed by atoms with Gasteiger partial charge in [-0.3, -0.25) is 0 Å². The summed E-state index contributed by atoms with van der Waals surface area (Å²) in [6.45, 7) is 0. The predicted octanol–water partition coefficient (Wildman–Crippen LogP) is 12.3. The van der Waals surface area contributed by atoms with Crippen molar-refractivity contribution in [3.05, 3.63) is 134 Å². The Morgan fingerprint density at radius 3 is 1.91 bits per heavy atom. The van der Waals surface area contributed by atoms with Gasteiger partial charge in [0.25, 0.3) is 0 Å². The number of rotatable bonds is 2. The minimum atomic E-state index is 0.837. The summed E-state index contributed by atoms with van der Waals surface area (Å²) in [6, 6.07) is 46.0. The molecule has 0 spiro atoms. The van der Waals surface area contributed by atoms with Crippen LogP contribution in [0.25, 0.3) is 96.9 Å². The first kappa shape index (κ1) is 23.2. The first-order chi connectivity index (χ1) is 21.3. The molecule has 3 heterocycles. The van der Waals surface area contributed by atoms with Gasteiger partial charge in [0.15, 0.2) is 0 Å². The second kappa shape index (κ2) is 8.57. The van der Waals surface area contributed by atoms with Gasteiger partial charge in [-0.05, 0) is 63.0 Å². The fraction of sp³-hybridized carbons (Fsp3) is 0. The molecule has 0 amide bonds. The Bertz CT molecular complexity index is 2680. The molecule has 0 saturated heterocycles. The number of thiophene rings is 1. The Labute approximate surface area is 250 Å². The molecule has 0 radical (unpaired) electrons. The number of benzene rings is 7. The Balaban J connectivity index is 1.32. The van der Waals surface area contributed by atoms with Crippen LogP contribution < -0.4 is 0 Å². The minimum absolute atomic E-state index is 0.837. The van der Waals surface area contributed by atoms with Gasteiger partial charge in [-0.25, -0.2) is 0 Å². The van der Waals surface area contributed by atoms with E-state index in [0.29, 0.717) is 0 Å². The monoisotopic (exact) mass is 566 g/mol. The summed E-state index contributed by atoms with van der Waals surface area (Å²) in [5.41, 5.74) is 7.38. The van der Waals surface area contributed by atoms with E-state index in [2.05, 4.69) is 115 Å². The lowest BCUT2D eigenvalue weighted by Crippen LogP contribution is -1.91. The summed E-state index contributed by atoms with van der Waals surface area (Å²) in [5, 5.41) is 10.8. The molecular weight excluding hydrogens is 545 g/mol. The normalized spacial score (nSPS) is 12.2. The maximum absolute atomic E-state index is 6.65. The van der Waals surface area contributed by atoms with Crippen LogP contribution in [0, 0.1) is 0 Å². The van der Waals surface area contributed by atoms with Gasteiger partial charge in [0.2, 0.25) is 0 Å². The SMILES string of the molecule is c1ccc2c(c1)sc1ccc(-c3c4ccccc4c(-c4cccc5c4oc4cc6occc6cc45)c4ccccc34)cc12. The number of hydrogen-bond acceptors (Lipinski definition) is 3. The quantitative estimate of drug-likeness (QED) is 0.195. The van der Waals surface area contributed by atoms with Crippen molar-refractivity contribution in [2.75, 3.05) is 0 Å². The van der Waals surface area contributed by atoms with E-state index in [1.54, 1.807) is 6.26 Å². The lowest BCUT2D eigenvalue weighted by Gasteiger charge is -2.18. The lowest BCUT2D eigenvalue weighted by molar-refractivity contribution is 0.613. The van der Waals surface area contributed by atoms with Crippen LogP contribution >= 0.6 is 11.3 Å². The van der Waals surface area contributed by atoms with Gasteiger partial charge in [-0.1, -0.05) is 91.0 Å². The lowest BCUT2D eigenvalue weighted by atomic mass is 9.85.